The Labute approximate surface area is 27.5 Å². The van der Waals surface area contributed by atoms with Gasteiger partial charge in [0.25, 0.3) is 0 Å². The molecule has 4 heavy (non-hydrogen) atoms. The zero-order valence-electron chi connectivity index (χ0n) is 2.58. The minimum absolute atomic E-state index is 1.54. The van der Waals surface area contributed by atoms with E-state index in [0.717, 1.165) is 0 Å². The van der Waals surface area contributed by atoms with Crippen molar-refractivity contribution in [3.05, 3.63) is 6.42 Å². The fourth-order valence-electron chi connectivity index (χ4n) is 0. The van der Waals surface area contributed by atoms with Crippen LogP contribution in [0, 0.1) is 12.2 Å². The molecule has 0 saturated carbocycles. The second-order valence-corrected chi connectivity index (χ2v) is 0.433. The van der Waals surface area contributed by atoms with Gasteiger partial charge in [0.15, 0.2) is 0 Å². The van der Waals surface area contributed by atoms with Gasteiger partial charge in [-0.3, -0.25) is 0 Å². The van der Waals surface area contributed by atoms with E-state index in [9.17, 15) is 0 Å². The van der Waals surface area contributed by atoms with Gasteiger partial charge in [0.1, 0.15) is 0 Å². The SMILES string of the molecule is [C+]#C[B]C. The van der Waals surface area contributed by atoms with Crippen LogP contribution < -0.4 is 0 Å². The Bertz CT molecular complexity index is 33.0. The van der Waals surface area contributed by atoms with Gasteiger partial charge in [-0.2, -0.15) is 0 Å². The summed E-state index contributed by atoms with van der Waals surface area (Å²) in [6.45, 7) is 1.76. The van der Waals surface area contributed by atoms with Gasteiger partial charge in [-0.05, 0) is 0 Å². The standard InChI is InChI=1S/C3H3B/c1-3-4-2/h2H3/q+1. The van der Waals surface area contributed by atoms with E-state index in [1.807, 2.05) is 0 Å². The molecule has 0 heterocycles. The van der Waals surface area contributed by atoms with E-state index in [2.05, 4.69) is 5.82 Å². The molecule has 0 aliphatic heterocycles. The fourth-order valence-corrected chi connectivity index (χ4v) is 0. The van der Waals surface area contributed by atoms with E-state index in [0.29, 0.717) is 0 Å². The molecule has 0 aromatic rings. The first kappa shape index (κ1) is 3.84. The first-order valence-corrected chi connectivity index (χ1v) is 1.12. The molecule has 0 aliphatic rings. The van der Waals surface area contributed by atoms with Crippen molar-refractivity contribution in [3.8, 4) is 5.82 Å². The molecule has 0 amide bonds. The predicted octanol–water partition coefficient (Wildman–Crippen LogP) is 0.286. The fraction of sp³-hybridized carbons (Fsp3) is 0.333. The molecule has 0 fully saturated rings. The molecule has 0 saturated heterocycles. The third-order valence-electron chi connectivity index (χ3n) is 0.144. The van der Waals surface area contributed by atoms with Crippen molar-refractivity contribution in [1.82, 2.24) is 0 Å². The molecule has 0 N–H and O–H groups in total. The number of rotatable bonds is 0. The molecule has 0 spiro atoms. The molecule has 0 bridgehead atoms. The van der Waals surface area contributed by atoms with Crippen LogP contribution in [-0.4, -0.2) is 7.28 Å². The van der Waals surface area contributed by atoms with Crippen LogP contribution in [0.15, 0.2) is 0 Å². The van der Waals surface area contributed by atoms with Gasteiger partial charge in [0, 0.05) is 0 Å². The summed E-state index contributed by atoms with van der Waals surface area (Å²) < 4.78 is 0. The van der Waals surface area contributed by atoms with Crippen LogP contribution in [0.2, 0.25) is 6.82 Å². The van der Waals surface area contributed by atoms with Crippen LogP contribution in [-0.2, 0) is 0 Å². The number of hydrogen-bond acceptors (Lipinski definition) is 0. The molecule has 0 aromatic heterocycles. The molecule has 17 valence electrons. The monoisotopic (exact) mass is 50.0 g/mol. The van der Waals surface area contributed by atoms with E-state index in [1.165, 1.54) is 0 Å². The summed E-state index contributed by atoms with van der Waals surface area (Å²) in [6, 6.07) is 0. The summed E-state index contributed by atoms with van der Waals surface area (Å²) in [5, 5.41) is 0. The third-order valence-corrected chi connectivity index (χ3v) is 0.144. The van der Waals surface area contributed by atoms with Gasteiger partial charge >= 0.3 is 26.3 Å². The van der Waals surface area contributed by atoms with Crippen LogP contribution in [0.4, 0.5) is 0 Å². The van der Waals surface area contributed by atoms with Crippen LogP contribution in [0.5, 0.6) is 0 Å². The zero-order valence-corrected chi connectivity index (χ0v) is 2.58. The second-order valence-electron chi connectivity index (χ2n) is 0.433. The Balaban J connectivity index is 2.43. The summed E-state index contributed by atoms with van der Waals surface area (Å²) in [7, 11) is 1.54. The summed E-state index contributed by atoms with van der Waals surface area (Å²) in [5.74, 6) is 2.06. The zero-order chi connectivity index (χ0) is 3.41. The van der Waals surface area contributed by atoms with Crippen LogP contribution >= 0.6 is 0 Å². The van der Waals surface area contributed by atoms with Gasteiger partial charge in [0.05, 0.1) is 0 Å². The average molecular weight is 49.9 g/mol. The maximum absolute atomic E-state index is 6.15. The van der Waals surface area contributed by atoms with Crippen molar-refractivity contribution in [2.24, 2.45) is 0 Å². The summed E-state index contributed by atoms with van der Waals surface area (Å²) in [6.07, 6.45) is 6.15. The van der Waals surface area contributed by atoms with E-state index in [4.69, 9.17) is 6.42 Å². The van der Waals surface area contributed by atoms with Crippen molar-refractivity contribution in [2.75, 3.05) is 0 Å². The van der Waals surface area contributed by atoms with Crippen molar-refractivity contribution in [2.45, 2.75) is 6.82 Å². The quantitative estimate of drug-likeness (QED) is 0.210. The van der Waals surface area contributed by atoms with E-state index in [1.54, 1.807) is 14.1 Å². The van der Waals surface area contributed by atoms with Crippen molar-refractivity contribution >= 4 is 7.28 Å². The van der Waals surface area contributed by atoms with Crippen LogP contribution in [0.3, 0.4) is 0 Å². The average Bonchev–Trinajstić information content (AvgIpc) is 1.37. The predicted molar refractivity (Wildman–Crippen MR) is 18.7 cm³/mol. The Hall–Kier alpha value is -0.155. The minimum atomic E-state index is 1.54. The first-order chi connectivity index (χ1) is 1.91. The Morgan fingerprint density at radius 2 is 2.25 bits per heavy atom. The van der Waals surface area contributed by atoms with Gasteiger partial charge < -0.3 is 0 Å². The van der Waals surface area contributed by atoms with Crippen molar-refractivity contribution in [3.63, 3.8) is 0 Å². The molecular formula is C3H3B+. The maximum atomic E-state index is 6.15. The molecular weight excluding hydrogens is 46.8 g/mol. The van der Waals surface area contributed by atoms with Gasteiger partial charge in [-0.25, -0.2) is 0 Å². The first-order valence-electron chi connectivity index (χ1n) is 1.12. The molecule has 0 rings (SSSR count). The molecule has 0 aliphatic carbocycles. The molecule has 1 heteroatoms. The molecule has 1 radical (unpaired) electrons. The summed E-state index contributed by atoms with van der Waals surface area (Å²) >= 11 is 0. The molecule has 0 atom stereocenters. The Kier molecular flexibility index (Phi) is 2.73. The van der Waals surface area contributed by atoms with Gasteiger partial charge in [0.2, 0.25) is 0 Å². The van der Waals surface area contributed by atoms with Crippen LogP contribution in [0.1, 0.15) is 0 Å². The molecule has 0 nitrogen and oxygen atoms in total. The van der Waals surface area contributed by atoms with Crippen molar-refractivity contribution in [1.29, 1.82) is 0 Å². The molecule has 0 aromatic carbocycles. The van der Waals surface area contributed by atoms with Gasteiger partial charge in [-0.15, -0.1) is 0 Å². The third kappa shape index (κ3) is 1.84. The second kappa shape index (κ2) is 2.84. The van der Waals surface area contributed by atoms with E-state index in [-0.39, 0.29) is 0 Å². The van der Waals surface area contributed by atoms with Gasteiger partial charge in [-0.1, -0.05) is 0 Å². The van der Waals surface area contributed by atoms with E-state index >= 15 is 0 Å². The van der Waals surface area contributed by atoms with Crippen molar-refractivity contribution < 1.29 is 0 Å². The number of hydrogen-bond donors (Lipinski definition) is 0. The topological polar surface area (TPSA) is 0 Å². The Morgan fingerprint density at radius 1 is 2.00 bits per heavy atom. The summed E-state index contributed by atoms with van der Waals surface area (Å²) in [5.41, 5.74) is 0. The normalized spacial score (nSPS) is 4.75. The van der Waals surface area contributed by atoms with E-state index < -0.39 is 0 Å². The molecule has 0 unspecified atom stereocenters. The van der Waals surface area contributed by atoms with Crippen LogP contribution in [0.25, 0.3) is 0 Å². The Morgan fingerprint density at radius 3 is 2.25 bits per heavy atom. The summed E-state index contributed by atoms with van der Waals surface area (Å²) in [4.78, 5) is 0.